The third-order valence-corrected chi connectivity index (χ3v) is 6.50. The van der Waals surface area contributed by atoms with Crippen LogP contribution in [0.3, 0.4) is 0 Å². The SMILES string of the molecule is c1ccc(-c2ccc(-c3nc4sc5ccccc5c4s3)cc2)cc1. The number of aromatic nitrogens is 1. The van der Waals surface area contributed by atoms with Crippen molar-refractivity contribution in [2.45, 2.75) is 0 Å². The standard InChI is InChI=1S/C21H13NS2/c1-2-6-14(7-3-1)15-10-12-16(13-11-15)20-22-21-19(24-20)17-8-4-5-9-18(17)23-21/h1-13H. The average molecular weight is 343 g/mol. The van der Waals surface area contributed by atoms with E-state index in [4.69, 9.17) is 4.98 Å². The summed E-state index contributed by atoms with van der Waals surface area (Å²) in [6.07, 6.45) is 0. The van der Waals surface area contributed by atoms with E-state index in [-0.39, 0.29) is 0 Å². The molecule has 0 fully saturated rings. The molecule has 0 aliphatic rings. The van der Waals surface area contributed by atoms with Crippen molar-refractivity contribution in [2.75, 3.05) is 0 Å². The summed E-state index contributed by atoms with van der Waals surface area (Å²) < 4.78 is 2.62. The molecule has 0 atom stereocenters. The normalized spacial score (nSPS) is 11.3. The molecular formula is C21H13NS2. The van der Waals surface area contributed by atoms with E-state index in [0.29, 0.717) is 0 Å². The quantitative estimate of drug-likeness (QED) is 0.342. The molecule has 0 spiro atoms. The second-order valence-electron chi connectivity index (χ2n) is 5.69. The summed E-state index contributed by atoms with van der Waals surface area (Å²) >= 11 is 3.56. The largest absolute Gasteiger partial charge is 0.225 e. The van der Waals surface area contributed by atoms with Crippen LogP contribution >= 0.6 is 22.7 Å². The van der Waals surface area contributed by atoms with E-state index in [1.54, 1.807) is 22.7 Å². The van der Waals surface area contributed by atoms with Crippen molar-refractivity contribution in [3.63, 3.8) is 0 Å². The molecule has 0 bridgehead atoms. The van der Waals surface area contributed by atoms with Gasteiger partial charge in [0.15, 0.2) is 0 Å². The highest BCUT2D eigenvalue weighted by Gasteiger charge is 2.12. The number of benzene rings is 3. The summed E-state index contributed by atoms with van der Waals surface area (Å²) in [6, 6.07) is 27.7. The van der Waals surface area contributed by atoms with E-state index in [0.717, 1.165) is 9.84 Å². The van der Waals surface area contributed by atoms with Gasteiger partial charge in [-0.15, -0.1) is 22.7 Å². The molecule has 0 amide bonds. The zero-order valence-electron chi connectivity index (χ0n) is 12.8. The van der Waals surface area contributed by atoms with E-state index in [1.807, 2.05) is 6.07 Å². The fourth-order valence-electron chi connectivity index (χ4n) is 2.95. The topological polar surface area (TPSA) is 12.9 Å². The van der Waals surface area contributed by atoms with Gasteiger partial charge in [-0.05, 0) is 17.2 Å². The maximum Gasteiger partial charge on any atom is 0.136 e. The fourth-order valence-corrected chi connectivity index (χ4v) is 5.30. The van der Waals surface area contributed by atoms with Gasteiger partial charge in [0.05, 0.1) is 4.70 Å². The van der Waals surface area contributed by atoms with Crippen LogP contribution in [0.1, 0.15) is 0 Å². The number of thiazole rings is 1. The Balaban J connectivity index is 1.57. The molecule has 5 aromatic rings. The molecule has 0 radical (unpaired) electrons. The Labute approximate surface area is 147 Å². The molecule has 24 heavy (non-hydrogen) atoms. The van der Waals surface area contributed by atoms with Gasteiger partial charge in [-0.1, -0.05) is 72.8 Å². The van der Waals surface area contributed by atoms with Crippen LogP contribution in [-0.2, 0) is 0 Å². The number of fused-ring (bicyclic) bond motifs is 3. The summed E-state index contributed by atoms with van der Waals surface area (Å²) in [5, 5.41) is 2.42. The van der Waals surface area contributed by atoms with Crippen LogP contribution in [-0.4, -0.2) is 4.98 Å². The van der Waals surface area contributed by atoms with Crippen molar-refractivity contribution >= 4 is 42.3 Å². The monoisotopic (exact) mass is 343 g/mol. The maximum absolute atomic E-state index is 4.86. The Morgan fingerprint density at radius 2 is 1.25 bits per heavy atom. The van der Waals surface area contributed by atoms with Crippen LogP contribution in [0.15, 0.2) is 78.9 Å². The first kappa shape index (κ1) is 13.9. The third-order valence-electron chi connectivity index (χ3n) is 4.17. The highest BCUT2D eigenvalue weighted by atomic mass is 32.1. The van der Waals surface area contributed by atoms with Gasteiger partial charge in [0.2, 0.25) is 0 Å². The molecule has 1 nitrogen and oxygen atoms in total. The molecule has 0 aliphatic heterocycles. The van der Waals surface area contributed by atoms with Crippen molar-refractivity contribution in [2.24, 2.45) is 0 Å². The predicted molar refractivity (Wildman–Crippen MR) is 106 cm³/mol. The fraction of sp³-hybridized carbons (Fsp3) is 0. The van der Waals surface area contributed by atoms with Crippen LogP contribution < -0.4 is 0 Å². The Hall–Kier alpha value is -2.49. The summed E-state index contributed by atoms with van der Waals surface area (Å²) in [5.41, 5.74) is 3.67. The minimum Gasteiger partial charge on any atom is -0.225 e. The zero-order chi connectivity index (χ0) is 15.9. The van der Waals surface area contributed by atoms with E-state index in [1.165, 1.54) is 31.5 Å². The number of hydrogen-bond acceptors (Lipinski definition) is 3. The van der Waals surface area contributed by atoms with E-state index in [9.17, 15) is 0 Å². The Bertz CT molecular complexity index is 1140. The first-order chi connectivity index (χ1) is 11.9. The molecule has 3 heteroatoms. The number of rotatable bonds is 2. The molecule has 2 aromatic heterocycles. The summed E-state index contributed by atoms with van der Waals surface area (Å²) in [5.74, 6) is 0. The van der Waals surface area contributed by atoms with Crippen LogP contribution in [0.5, 0.6) is 0 Å². The van der Waals surface area contributed by atoms with Gasteiger partial charge in [0, 0.05) is 15.6 Å². The second-order valence-corrected chi connectivity index (χ2v) is 7.72. The predicted octanol–water partition coefficient (Wildman–Crippen LogP) is 6.85. The van der Waals surface area contributed by atoms with Crippen LogP contribution in [0, 0.1) is 0 Å². The van der Waals surface area contributed by atoms with Crippen molar-refractivity contribution in [1.82, 2.24) is 4.98 Å². The average Bonchev–Trinajstić information content (AvgIpc) is 3.21. The zero-order valence-corrected chi connectivity index (χ0v) is 14.4. The number of thiophene rings is 1. The number of hydrogen-bond donors (Lipinski definition) is 0. The number of nitrogens with zero attached hydrogens (tertiary/aromatic N) is 1. The highest BCUT2D eigenvalue weighted by Crippen LogP contribution is 2.40. The molecule has 114 valence electrons. The minimum absolute atomic E-state index is 1.10. The van der Waals surface area contributed by atoms with Gasteiger partial charge in [0.1, 0.15) is 9.84 Å². The molecule has 5 rings (SSSR count). The van der Waals surface area contributed by atoms with Crippen LogP contribution in [0.2, 0.25) is 0 Å². The lowest BCUT2D eigenvalue weighted by atomic mass is 10.0. The molecule has 0 N–H and O–H groups in total. The van der Waals surface area contributed by atoms with E-state index < -0.39 is 0 Å². The van der Waals surface area contributed by atoms with E-state index in [2.05, 4.69) is 72.8 Å². The molecule has 0 saturated carbocycles. The molecule has 0 saturated heterocycles. The summed E-state index contributed by atoms with van der Waals surface area (Å²) in [7, 11) is 0. The smallest absolute Gasteiger partial charge is 0.136 e. The molecule has 0 unspecified atom stereocenters. The van der Waals surface area contributed by atoms with Crippen LogP contribution in [0.25, 0.3) is 41.3 Å². The van der Waals surface area contributed by atoms with E-state index >= 15 is 0 Å². The second kappa shape index (κ2) is 5.55. The lowest BCUT2D eigenvalue weighted by Gasteiger charge is -2.02. The lowest BCUT2D eigenvalue weighted by Crippen LogP contribution is -1.79. The van der Waals surface area contributed by atoms with Gasteiger partial charge in [-0.3, -0.25) is 0 Å². The summed E-state index contributed by atoms with van der Waals surface area (Å²) in [4.78, 5) is 6.00. The lowest BCUT2D eigenvalue weighted by molar-refractivity contribution is 1.50. The maximum atomic E-state index is 4.86. The highest BCUT2D eigenvalue weighted by molar-refractivity contribution is 7.33. The van der Waals surface area contributed by atoms with Crippen molar-refractivity contribution in [3.05, 3.63) is 78.9 Å². The molecule has 2 heterocycles. The van der Waals surface area contributed by atoms with Gasteiger partial charge >= 0.3 is 0 Å². The van der Waals surface area contributed by atoms with Gasteiger partial charge < -0.3 is 0 Å². The first-order valence-corrected chi connectivity index (χ1v) is 9.46. The van der Waals surface area contributed by atoms with Crippen molar-refractivity contribution in [3.8, 4) is 21.7 Å². The molecular weight excluding hydrogens is 330 g/mol. The van der Waals surface area contributed by atoms with Crippen molar-refractivity contribution < 1.29 is 0 Å². The van der Waals surface area contributed by atoms with Gasteiger partial charge in [-0.2, -0.15) is 0 Å². The summed E-state index contributed by atoms with van der Waals surface area (Å²) in [6.45, 7) is 0. The Morgan fingerprint density at radius 1 is 0.583 bits per heavy atom. The molecule has 0 aliphatic carbocycles. The van der Waals surface area contributed by atoms with Gasteiger partial charge in [0.25, 0.3) is 0 Å². The van der Waals surface area contributed by atoms with Crippen molar-refractivity contribution in [1.29, 1.82) is 0 Å². The van der Waals surface area contributed by atoms with Gasteiger partial charge in [-0.25, -0.2) is 4.98 Å². The van der Waals surface area contributed by atoms with Crippen LogP contribution in [0.4, 0.5) is 0 Å². The Morgan fingerprint density at radius 3 is 2.08 bits per heavy atom. The first-order valence-electron chi connectivity index (χ1n) is 7.82. The third kappa shape index (κ3) is 2.25. The molecule has 3 aromatic carbocycles. The minimum atomic E-state index is 1.10. The Kier molecular flexibility index (Phi) is 3.21.